The average Bonchev–Trinajstić information content (AvgIpc) is 2.95. The maximum absolute atomic E-state index is 13.3. The Morgan fingerprint density at radius 3 is 2.34 bits per heavy atom. The van der Waals surface area contributed by atoms with Gasteiger partial charge in [0.2, 0.25) is 0 Å². The molecule has 5 rings (SSSR count). The number of pyridine rings is 1. The minimum atomic E-state index is -0.272. The molecule has 0 saturated carbocycles. The van der Waals surface area contributed by atoms with Crippen molar-refractivity contribution in [3.05, 3.63) is 83.0 Å². The van der Waals surface area contributed by atoms with Gasteiger partial charge in [-0.2, -0.15) is 0 Å². The highest BCUT2D eigenvalue weighted by molar-refractivity contribution is 6.06. The van der Waals surface area contributed by atoms with Gasteiger partial charge in [-0.3, -0.25) is 9.59 Å². The van der Waals surface area contributed by atoms with Crippen LogP contribution in [0.25, 0.3) is 0 Å². The molecule has 0 aliphatic carbocycles. The summed E-state index contributed by atoms with van der Waals surface area (Å²) in [6.07, 6.45) is 4.56. The third kappa shape index (κ3) is 5.81. The van der Waals surface area contributed by atoms with Crippen LogP contribution in [0.15, 0.2) is 60.8 Å². The van der Waals surface area contributed by atoms with Crippen LogP contribution in [-0.4, -0.2) is 59.1 Å². The molecule has 8 nitrogen and oxygen atoms in total. The number of nitrogens with zero attached hydrogens (tertiary/aromatic N) is 3. The van der Waals surface area contributed by atoms with Gasteiger partial charge >= 0.3 is 0 Å². The van der Waals surface area contributed by atoms with Crippen molar-refractivity contribution in [2.45, 2.75) is 44.6 Å². The van der Waals surface area contributed by atoms with Gasteiger partial charge in [0.25, 0.3) is 11.8 Å². The molecule has 8 heteroatoms. The quantitative estimate of drug-likeness (QED) is 0.441. The van der Waals surface area contributed by atoms with Crippen LogP contribution >= 0.6 is 0 Å². The molecule has 3 heterocycles. The second-order valence-electron chi connectivity index (χ2n) is 10.3. The summed E-state index contributed by atoms with van der Waals surface area (Å²) in [5, 5.41) is 12.8. The van der Waals surface area contributed by atoms with Crippen LogP contribution in [0, 0.1) is 6.92 Å². The first kappa shape index (κ1) is 25.7. The first-order valence-corrected chi connectivity index (χ1v) is 13.3. The zero-order valence-electron chi connectivity index (χ0n) is 21.8. The molecule has 2 aliphatic rings. The van der Waals surface area contributed by atoms with Crippen molar-refractivity contribution in [1.29, 1.82) is 0 Å². The van der Waals surface area contributed by atoms with E-state index in [-0.39, 0.29) is 17.9 Å². The lowest BCUT2D eigenvalue weighted by molar-refractivity contribution is 0.0712. The number of carbonyl (C=O) groups excluding carboxylic acids is 2. The number of likely N-dealkylation sites (tertiary alicyclic amines) is 1. The van der Waals surface area contributed by atoms with Gasteiger partial charge in [0, 0.05) is 54.9 Å². The highest BCUT2D eigenvalue weighted by Gasteiger charge is 2.25. The maximum atomic E-state index is 13.3. The predicted molar refractivity (Wildman–Crippen MR) is 150 cm³/mol. The van der Waals surface area contributed by atoms with Crippen molar-refractivity contribution in [3.8, 4) is 0 Å². The lowest BCUT2D eigenvalue weighted by Crippen LogP contribution is -2.38. The number of carbonyl (C=O) groups is 2. The van der Waals surface area contributed by atoms with E-state index in [1.54, 1.807) is 24.4 Å². The van der Waals surface area contributed by atoms with Crippen molar-refractivity contribution in [3.63, 3.8) is 0 Å². The van der Waals surface area contributed by atoms with Gasteiger partial charge in [-0.25, -0.2) is 4.98 Å². The maximum Gasteiger partial charge on any atom is 0.255 e. The standard InChI is InChI=1S/C30H35N5O3/c1-20-2-3-24(30(38)35-14-9-22(10-15-35)21-4-6-25(31)7-5-21)18-27(20)33-29(37)23-8-13-32-28(19-23)34-16-11-26(36)12-17-34/h2-8,13,18-19,22,26,36H,9-12,14-17,31H2,1H3,(H,33,37). The normalized spacial score (nSPS) is 16.9. The number of nitrogens with one attached hydrogen (secondary N) is 1. The van der Waals surface area contributed by atoms with Crippen LogP contribution in [0.3, 0.4) is 0 Å². The van der Waals surface area contributed by atoms with Crippen molar-refractivity contribution < 1.29 is 14.7 Å². The van der Waals surface area contributed by atoms with Crippen molar-refractivity contribution >= 4 is 29.0 Å². The van der Waals surface area contributed by atoms with Gasteiger partial charge < -0.3 is 26.0 Å². The lowest BCUT2D eigenvalue weighted by Gasteiger charge is -2.32. The summed E-state index contributed by atoms with van der Waals surface area (Å²) in [6.45, 7) is 4.71. The zero-order valence-corrected chi connectivity index (χ0v) is 21.8. The number of benzene rings is 2. The molecule has 2 fully saturated rings. The molecule has 2 aromatic carbocycles. The Balaban J connectivity index is 1.23. The van der Waals surface area contributed by atoms with Gasteiger partial charge in [0.1, 0.15) is 5.82 Å². The highest BCUT2D eigenvalue weighted by atomic mass is 16.3. The Kier molecular flexibility index (Phi) is 7.60. The van der Waals surface area contributed by atoms with Gasteiger partial charge in [-0.15, -0.1) is 0 Å². The topological polar surface area (TPSA) is 112 Å². The number of nitrogens with two attached hydrogens (primary N) is 1. The largest absolute Gasteiger partial charge is 0.399 e. The van der Waals surface area contributed by atoms with Crippen molar-refractivity contribution in [1.82, 2.24) is 9.88 Å². The second-order valence-corrected chi connectivity index (χ2v) is 10.3. The van der Waals surface area contributed by atoms with E-state index in [1.165, 1.54) is 5.56 Å². The van der Waals surface area contributed by atoms with Crippen molar-refractivity contribution in [2.24, 2.45) is 0 Å². The number of aromatic nitrogens is 1. The molecule has 0 radical (unpaired) electrons. The number of aliphatic hydroxyl groups is 1. The summed E-state index contributed by atoms with van der Waals surface area (Å²) in [4.78, 5) is 34.8. The van der Waals surface area contributed by atoms with E-state index in [2.05, 4.69) is 27.3 Å². The number of piperidine rings is 2. The summed E-state index contributed by atoms with van der Waals surface area (Å²) in [6, 6.07) is 17.0. The Morgan fingerprint density at radius 2 is 1.63 bits per heavy atom. The van der Waals surface area contributed by atoms with Crippen LogP contribution < -0.4 is 16.0 Å². The fourth-order valence-electron chi connectivity index (χ4n) is 5.28. The minimum absolute atomic E-state index is 0.0188. The Hall–Kier alpha value is -3.91. The Bertz CT molecular complexity index is 1290. The van der Waals surface area contributed by atoms with Crippen LogP contribution in [0.4, 0.5) is 17.2 Å². The van der Waals surface area contributed by atoms with E-state index in [4.69, 9.17) is 5.73 Å². The second kappa shape index (κ2) is 11.2. The number of rotatable bonds is 5. The van der Waals surface area contributed by atoms with Gasteiger partial charge in [0.15, 0.2) is 0 Å². The fraction of sp³-hybridized carbons (Fsp3) is 0.367. The molecule has 0 spiro atoms. The minimum Gasteiger partial charge on any atom is -0.399 e. The molecule has 1 aromatic heterocycles. The van der Waals surface area contributed by atoms with Gasteiger partial charge in [0.05, 0.1) is 6.10 Å². The van der Waals surface area contributed by atoms with Crippen LogP contribution in [-0.2, 0) is 0 Å². The highest BCUT2D eigenvalue weighted by Crippen LogP contribution is 2.30. The first-order chi connectivity index (χ1) is 18.4. The van der Waals surface area contributed by atoms with Crippen LogP contribution in [0.2, 0.25) is 0 Å². The first-order valence-electron chi connectivity index (χ1n) is 13.3. The monoisotopic (exact) mass is 513 g/mol. The molecule has 2 aliphatic heterocycles. The average molecular weight is 514 g/mol. The SMILES string of the molecule is Cc1ccc(C(=O)N2CCC(c3ccc(N)cc3)CC2)cc1NC(=O)c1ccnc(N2CCC(O)CC2)c1. The number of amides is 2. The van der Waals surface area contributed by atoms with E-state index in [1.807, 2.05) is 36.1 Å². The van der Waals surface area contributed by atoms with Gasteiger partial charge in [-0.1, -0.05) is 18.2 Å². The number of aryl methyl sites for hydroxylation is 1. The van der Waals surface area contributed by atoms with E-state index < -0.39 is 0 Å². The molecular formula is C30H35N5O3. The molecule has 3 aromatic rings. The van der Waals surface area contributed by atoms with E-state index in [0.717, 1.165) is 29.9 Å². The third-order valence-corrected chi connectivity index (χ3v) is 7.72. The number of nitrogen functional groups attached to an aromatic ring is 1. The molecule has 2 amide bonds. The zero-order chi connectivity index (χ0) is 26.6. The van der Waals surface area contributed by atoms with Gasteiger partial charge in [-0.05, 0) is 86.1 Å². The van der Waals surface area contributed by atoms with Crippen molar-refractivity contribution in [2.75, 3.05) is 42.1 Å². The smallest absolute Gasteiger partial charge is 0.255 e. The summed E-state index contributed by atoms with van der Waals surface area (Å²) < 4.78 is 0. The molecule has 0 atom stereocenters. The van der Waals surface area contributed by atoms with Crippen LogP contribution in [0.5, 0.6) is 0 Å². The summed E-state index contributed by atoms with van der Waals surface area (Å²) in [5.74, 6) is 0.887. The molecule has 0 unspecified atom stereocenters. The lowest BCUT2D eigenvalue weighted by atomic mass is 9.89. The molecule has 4 N–H and O–H groups in total. The number of aliphatic hydroxyl groups excluding tert-OH is 1. The van der Waals surface area contributed by atoms with E-state index in [9.17, 15) is 14.7 Å². The molecule has 38 heavy (non-hydrogen) atoms. The van der Waals surface area contributed by atoms with E-state index in [0.29, 0.717) is 61.8 Å². The van der Waals surface area contributed by atoms with E-state index >= 15 is 0 Å². The van der Waals surface area contributed by atoms with Crippen LogP contribution in [0.1, 0.15) is 63.4 Å². The molecular weight excluding hydrogens is 478 g/mol. The third-order valence-electron chi connectivity index (χ3n) is 7.72. The predicted octanol–water partition coefficient (Wildman–Crippen LogP) is 4.21. The number of hydrogen-bond acceptors (Lipinski definition) is 6. The Morgan fingerprint density at radius 1 is 0.921 bits per heavy atom. The summed E-state index contributed by atoms with van der Waals surface area (Å²) in [5.41, 5.74) is 10.4. The number of hydrogen-bond donors (Lipinski definition) is 3. The molecule has 198 valence electrons. The molecule has 2 saturated heterocycles. The summed E-state index contributed by atoms with van der Waals surface area (Å²) in [7, 11) is 0. The number of anilines is 3. The molecule has 0 bridgehead atoms. The fourth-order valence-corrected chi connectivity index (χ4v) is 5.28. The Labute approximate surface area is 223 Å². The summed E-state index contributed by atoms with van der Waals surface area (Å²) >= 11 is 0.